The molecule has 3 aliphatic heterocycles. The zero-order chi connectivity index (χ0) is 21.5. The van der Waals surface area contributed by atoms with Gasteiger partial charge in [0.25, 0.3) is 5.91 Å². The van der Waals surface area contributed by atoms with E-state index >= 15 is 0 Å². The summed E-state index contributed by atoms with van der Waals surface area (Å²) in [6, 6.07) is 7.22. The Morgan fingerprint density at radius 1 is 1.07 bits per heavy atom. The number of benzene rings is 1. The van der Waals surface area contributed by atoms with Crippen LogP contribution in [0.5, 0.6) is 5.75 Å². The zero-order valence-corrected chi connectivity index (χ0v) is 18.1. The van der Waals surface area contributed by atoms with Gasteiger partial charge in [-0.05, 0) is 44.4 Å². The fraction of sp³-hybridized carbons (Fsp3) is 0.609. The van der Waals surface area contributed by atoms with Gasteiger partial charge in [0.2, 0.25) is 11.8 Å². The van der Waals surface area contributed by atoms with Gasteiger partial charge in [0, 0.05) is 57.2 Å². The Balaban J connectivity index is 1.56. The first-order valence-electron chi connectivity index (χ1n) is 10.8. The second-order valence-electron chi connectivity index (χ2n) is 8.90. The molecule has 3 heterocycles. The van der Waals surface area contributed by atoms with Gasteiger partial charge in [0.05, 0.1) is 12.5 Å². The van der Waals surface area contributed by atoms with Gasteiger partial charge in [-0.15, -0.1) is 0 Å². The van der Waals surface area contributed by atoms with Crippen LogP contribution in [0.1, 0.15) is 43.5 Å². The van der Waals surface area contributed by atoms with Gasteiger partial charge < -0.3 is 19.4 Å². The van der Waals surface area contributed by atoms with Crippen molar-refractivity contribution >= 4 is 17.7 Å². The average molecular weight is 414 g/mol. The molecule has 1 aromatic carbocycles. The predicted octanol–water partition coefficient (Wildman–Crippen LogP) is 2.02. The number of nitrogens with zero attached hydrogens (tertiary/aromatic N) is 3. The third kappa shape index (κ3) is 3.06. The van der Waals surface area contributed by atoms with Gasteiger partial charge in [-0.25, -0.2) is 0 Å². The molecule has 30 heavy (non-hydrogen) atoms. The molecule has 0 saturated carbocycles. The molecule has 0 aromatic heterocycles. The summed E-state index contributed by atoms with van der Waals surface area (Å²) in [7, 11) is 1.59. The SMILES string of the molecule is CCN1CC[C@]2(CN(C(C)=O)CC23CCN(C(=O)c2cccc(OC)c2)CC3)C1=O. The van der Waals surface area contributed by atoms with E-state index in [1.54, 1.807) is 20.1 Å². The quantitative estimate of drug-likeness (QED) is 0.760. The number of carbonyl (C=O) groups is 3. The molecular formula is C23H31N3O4. The van der Waals surface area contributed by atoms with Crippen LogP contribution in [0.25, 0.3) is 0 Å². The van der Waals surface area contributed by atoms with Crippen molar-refractivity contribution < 1.29 is 19.1 Å². The van der Waals surface area contributed by atoms with E-state index in [2.05, 4.69) is 0 Å². The van der Waals surface area contributed by atoms with Crippen molar-refractivity contribution in [1.82, 2.24) is 14.7 Å². The maximum Gasteiger partial charge on any atom is 0.253 e. The Labute approximate surface area is 177 Å². The molecule has 7 nitrogen and oxygen atoms in total. The Morgan fingerprint density at radius 3 is 2.40 bits per heavy atom. The number of fused-ring (bicyclic) bond motifs is 1. The van der Waals surface area contributed by atoms with Crippen LogP contribution in [-0.4, -0.2) is 78.8 Å². The molecule has 3 amide bonds. The smallest absolute Gasteiger partial charge is 0.253 e. The van der Waals surface area contributed by atoms with E-state index in [9.17, 15) is 14.4 Å². The molecule has 4 rings (SSSR count). The van der Waals surface area contributed by atoms with Crippen LogP contribution in [-0.2, 0) is 9.59 Å². The van der Waals surface area contributed by atoms with E-state index in [0.717, 1.165) is 25.8 Å². The lowest BCUT2D eigenvalue weighted by Crippen LogP contribution is -2.53. The highest BCUT2D eigenvalue weighted by atomic mass is 16.5. The molecule has 7 heteroatoms. The van der Waals surface area contributed by atoms with E-state index in [1.807, 2.05) is 39.8 Å². The Hall–Kier alpha value is -2.57. The van der Waals surface area contributed by atoms with Crippen molar-refractivity contribution in [2.45, 2.75) is 33.1 Å². The lowest BCUT2D eigenvalue weighted by molar-refractivity contribution is -0.141. The first-order chi connectivity index (χ1) is 14.4. The third-order valence-corrected chi connectivity index (χ3v) is 7.63. The predicted molar refractivity (Wildman–Crippen MR) is 112 cm³/mol. The fourth-order valence-electron chi connectivity index (χ4n) is 5.78. The van der Waals surface area contributed by atoms with Crippen molar-refractivity contribution in [2.75, 3.05) is 46.4 Å². The van der Waals surface area contributed by atoms with Gasteiger partial charge in [-0.3, -0.25) is 14.4 Å². The number of hydrogen-bond acceptors (Lipinski definition) is 4. The van der Waals surface area contributed by atoms with Crippen molar-refractivity contribution in [3.05, 3.63) is 29.8 Å². The normalized spacial score (nSPS) is 25.4. The Morgan fingerprint density at radius 2 is 1.80 bits per heavy atom. The fourth-order valence-corrected chi connectivity index (χ4v) is 5.78. The first kappa shape index (κ1) is 20.7. The van der Waals surface area contributed by atoms with Crippen LogP contribution >= 0.6 is 0 Å². The van der Waals surface area contributed by atoms with Crippen LogP contribution in [0.4, 0.5) is 0 Å². The third-order valence-electron chi connectivity index (χ3n) is 7.63. The number of rotatable bonds is 3. The number of likely N-dealkylation sites (tertiary alicyclic amines) is 3. The molecule has 3 aliphatic rings. The van der Waals surface area contributed by atoms with E-state index in [4.69, 9.17) is 4.74 Å². The van der Waals surface area contributed by atoms with Gasteiger partial charge in [0.1, 0.15) is 5.75 Å². The lowest BCUT2D eigenvalue weighted by atomic mass is 9.60. The minimum atomic E-state index is -0.500. The zero-order valence-electron chi connectivity index (χ0n) is 18.1. The number of amides is 3. The molecule has 0 bridgehead atoms. The number of methoxy groups -OCH3 is 1. The largest absolute Gasteiger partial charge is 0.497 e. The highest BCUT2D eigenvalue weighted by Crippen LogP contribution is 2.57. The van der Waals surface area contributed by atoms with Crippen LogP contribution < -0.4 is 4.74 Å². The highest BCUT2D eigenvalue weighted by Gasteiger charge is 2.65. The number of ether oxygens (including phenoxy) is 1. The maximum atomic E-state index is 13.4. The summed E-state index contributed by atoms with van der Waals surface area (Å²) >= 11 is 0. The molecule has 0 radical (unpaired) electrons. The van der Waals surface area contributed by atoms with Crippen molar-refractivity contribution in [1.29, 1.82) is 0 Å². The molecule has 1 atom stereocenters. The van der Waals surface area contributed by atoms with E-state index in [0.29, 0.717) is 44.0 Å². The summed E-state index contributed by atoms with van der Waals surface area (Å²) in [5.74, 6) is 0.884. The molecule has 0 aliphatic carbocycles. The van der Waals surface area contributed by atoms with Gasteiger partial charge in [0.15, 0.2) is 0 Å². The van der Waals surface area contributed by atoms with Crippen LogP contribution in [0, 0.1) is 10.8 Å². The van der Waals surface area contributed by atoms with Crippen LogP contribution in [0.2, 0.25) is 0 Å². The molecule has 162 valence electrons. The summed E-state index contributed by atoms with van der Waals surface area (Å²) in [5, 5.41) is 0. The average Bonchev–Trinajstić information content (AvgIpc) is 3.26. The van der Waals surface area contributed by atoms with Crippen molar-refractivity contribution in [2.24, 2.45) is 10.8 Å². The van der Waals surface area contributed by atoms with Crippen molar-refractivity contribution in [3.63, 3.8) is 0 Å². The summed E-state index contributed by atoms with van der Waals surface area (Å²) in [5.41, 5.74) is -0.129. The van der Waals surface area contributed by atoms with E-state index in [-0.39, 0.29) is 23.1 Å². The number of hydrogen-bond donors (Lipinski definition) is 0. The molecule has 3 saturated heterocycles. The molecule has 1 aromatic rings. The monoisotopic (exact) mass is 413 g/mol. The Kier molecular flexibility index (Phi) is 5.24. The summed E-state index contributed by atoms with van der Waals surface area (Å²) in [4.78, 5) is 44.3. The minimum absolute atomic E-state index is 0.00726. The van der Waals surface area contributed by atoms with Crippen LogP contribution in [0.15, 0.2) is 24.3 Å². The topological polar surface area (TPSA) is 70.2 Å². The maximum absolute atomic E-state index is 13.4. The van der Waals surface area contributed by atoms with Crippen LogP contribution in [0.3, 0.4) is 0 Å². The molecular weight excluding hydrogens is 382 g/mol. The highest BCUT2D eigenvalue weighted by molar-refractivity contribution is 5.95. The summed E-state index contributed by atoms with van der Waals surface area (Å²) in [6.45, 7) is 7.40. The lowest BCUT2D eigenvalue weighted by Gasteiger charge is -2.46. The first-order valence-corrected chi connectivity index (χ1v) is 10.8. The molecule has 0 N–H and O–H groups in total. The molecule has 0 unspecified atom stereocenters. The summed E-state index contributed by atoms with van der Waals surface area (Å²) in [6.07, 6.45) is 2.29. The van der Waals surface area contributed by atoms with Crippen molar-refractivity contribution in [3.8, 4) is 5.75 Å². The summed E-state index contributed by atoms with van der Waals surface area (Å²) < 4.78 is 5.25. The van der Waals surface area contributed by atoms with E-state index in [1.165, 1.54) is 0 Å². The second kappa shape index (κ2) is 7.60. The minimum Gasteiger partial charge on any atom is -0.497 e. The number of carbonyl (C=O) groups excluding carboxylic acids is 3. The Bertz CT molecular complexity index is 862. The second-order valence-corrected chi connectivity index (χ2v) is 8.90. The standard InChI is InChI=1S/C23H31N3O4/c1-4-24-13-10-23(21(24)29)16-26(17(2)27)15-22(23)8-11-25(12-9-22)20(28)18-6-5-7-19(14-18)30-3/h5-7,14H,4,8-13,15-16H2,1-3H3/t23-/m0/s1. The van der Waals surface area contributed by atoms with E-state index < -0.39 is 5.41 Å². The van der Waals surface area contributed by atoms with Gasteiger partial charge in [-0.1, -0.05) is 6.07 Å². The number of piperidine rings is 1. The van der Waals surface area contributed by atoms with Gasteiger partial charge in [-0.2, -0.15) is 0 Å². The molecule has 2 spiro atoms. The molecule has 3 fully saturated rings. The van der Waals surface area contributed by atoms with Gasteiger partial charge >= 0.3 is 0 Å².